The maximum atomic E-state index is 13.1. The number of hydrogen-bond acceptors (Lipinski definition) is 3. The van der Waals surface area contributed by atoms with Gasteiger partial charge in [0, 0.05) is 19.0 Å². The van der Waals surface area contributed by atoms with E-state index in [-0.39, 0.29) is 11.7 Å². The van der Waals surface area contributed by atoms with E-state index in [0.29, 0.717) is 11.6 Å². The van der Waals surface area contributed by atoms with Crippen molar-refractivity contribution in [3.8, 4) is 5.69 Å². The minimum absolute atomic E-state index is 0.0139. The van der Waals surface area contributed by atoms with Crippen molar-refractivity contribution in [2.45, 2.75) is 38.0 Å². The number of halogens is 1. The first-order valence-electron chi connectivity index (χ1n) is 8.25. The predicted octanol–water partition coefficient (Wildman–Crippen LogP) is 2.91. The van der Waals surface area contributed by atoms with Gasteiger partial charge in [0.15, 0.2) is 5.69 Å². The second-order valence-corrected chi connectivity index (χ2v) is 6.34. The lowest BCUT2D eigenvalue weighted by molar-refractivity contribution is 0.0717. The largest absolute Gasteiger partial charge is 0.337 e. The number of amides is 1. The summed E-state index contributed by atoms with van der Waals surface area (Å²) in [6, 6.07) is 6.15. The van der Waals surface area contributed by atoms with Gasteiger partial charge in [0.2, 0.25) is 0 Å². The van der Waals surface area contributed by atoms with Crippen LogP contribution < -0.4 is 0 Å². The third-order valence-corrected chi connectivity index (χ3v) is 4.59. The highest BCUT2D eigenvalue weighted by atomic mass is 19.1. The summed E-state index contributed by atoms with van der Waals surface area (Å²) >= 11 is 0. The summed E-state index contributed by atoms with van der Waals surface area (Å²) in [5.74, 6) is 0.0326. The van der Waals surface area contributed by atoms with Crippen molar-refractivity contribution < 1.29 is 9.18 Å². The van der Waals surface area contributed by atoms with E-state index < -0.39 is 0 Å². The molecule has 23 heavy (non-hydrogen) atoms. The summed E-state index contributed by atoms with van der Waals surface area (Å²) < 4.78 is 14.8. The standard InChI is InChI=1S/C17H19FN4O/c18-13-6-8-14(9-7-13)22-16(12-4-5-12)15(19-20-22)17(23)21-10-2-1-3-11-21/h6-9,12H,1-5,10-11H2. The molecule has 5 nitrogen and oxygen atoms in total. The van der Waals surface area contributed by atoms with E-state index in [1.54, 1.807) is 16.8 Å². The molecule has 2 aromatic rings. The lowest BCUT2D eigenvalue weighted by Gasteiger charge is -2.26. The summed E-state index contributed by atoms with van der Waals surface area (Å²) in [4.78, 5) is 14.7. The molecule has 1 aliphatic heterocycles. The van der Waals surface area contributed by atoms with E-state index in [0.717, 1.165) is 50.2 Å². The summed E-state index contributed by atoms with van der Waals surface area (Å²) in [7, 11) is 0. The van der Waals surface area contributed by atoms with Gasteiger partial charge in [-0.2, -0.15) is 0 Å². The molecule has 6 heteroatoms. The Hall–Kier alpha value is -2.24. The molecule has 1 aromatic carbocycles. The molecule has 2 heterocycles. The van der Waals surface area contributed by atoms with Crippen LogP contribution in [-0.4, -0.2) is 38.9 Å². The number of nitrogens with zero attached hydrogens (tertiary/aromatic N) is 4. The van der Waals surface area contributed by atoms with Crippen molar-refractivity contribution in [1.82, 2.24) is 19.9 Å². The van der Waals surface area contributed by atoms with Crippen LogP contribution in [0.1, 0.15) is 54.2 Å². The minimum Gasteiger partial charge on any atom is -0.337 e. The van der Waals surface area contributed by atoms with Gasteiger partial charge in [-0.3, -0.25) is 4.79 Å². The van der Waals surface area contributed by atoms with Crippen LogP contribution in [-0.2, 0) is 0 Å². The van der Waals surface area contributed by atoms with Crippen LogP contribution in [0.3, 0.4) is 0 Å². The van der Waals surface area contributed by atoms with Crippen LogP contribution in [0, 0.1) is 5.82 Å². The van der Waals surface area contributed by atoms with Gasteiger partial charge >= 0.3 is 0 Å². The SMILES string of the molecule is O=C(c1nnn(-c2ccc(F)cc2)c1C1CC1)N1CCCCC1. The number of carbonyl (C=O) groups excluding carboxylic acids is 1. The van der Waals surface area contributed by atoms with Gasteiger partial charge in [0.05, 0.1) is 11.4 Å². The summed E-state index contributed by atoms with van der Waals surface area (Å²) in [5.41, 5.74) is 2.10. The van der Waals surface area contributed by atoms with Crippen LogP contribution in [0.15, 0.2) is 24.3 Å². The van der Waals surface area contributed by atoms with E-state index >= 15 is 0 Å². The minimum atomic E-state index is -0.286. The van der Waals surface area contributed by atoms with Crippen molar-refractivity contribution in [2.75, 3.05) is 13.1 Å². The Morgan fingerprint density at radius 2 is 1.78 bits per heavy atom. The Labute approximate surface area is 134 Å². The van der Waals surface area contributed by atoms with Crippen molar-refractivity contribution >= 4 is 5.91 Å². The fourth-order valence-electron chi connectivity index (χ4n) is 3.18. The summed E-state index contributed by atoms with van der Waals surface area (Å²) in [6.45, 7) is 1.60. The second-order valence-electron chi connectivity index (χ2n) is 6.34. The van der Waals surface area contributed by atoms with Gasteiger partial charge in [-0.25, -0.2) is 9.07 Å². The quantitative estimate of drug-likeness (QED) is 0.875. The number of rotatable bonds is 3. The van der Waals surface area contributed by atoms with E-state index in [1.807, 2.05) is 4.90 Å². The second kappa shape index (κ2) is 5.76. The van der Waals surface area contributed by atoms with E-state index in [2.05, 4.69) is 10.3 Å². The van der Waals surface area contributed by atoms with Crippen LogP contribution in [0.4, 0.5) is 4.39 Å². The number of hydrogen-bond donors (Lipinski definition) is 0. The highest BCUT2D eigenvalue weighted by Gasteiger charge is 2.35. The Balaban J connectivity index is 1.70. The average Bonchev–Trinajstić information content (AvgIpc) is 3.34. The fraction of sp³-hybridized carbons (Fsp3) is 0.471. The van der Waals surface area contributed by atoms with E-state index in [1.165, 1.54) is 18.6 Å². The highest BCUT2D eigenvalue weighted by Crippen LogP contribution is 2.42. The maximum absolute atomic E-state index is 13.1. The number of piperidine rings is 1. The molecule has 120 valence electrons. The van der Waals surface area contributed by atoms with Gasteiger partial charge in [-0.1, -0.05) is 5.21 Å². The molecule has 0 spiro atoms. The van der Waals surface area contributed by atoms with Crippen molar-refractivity contribution in [3.05, 3.63) is 41.5 Å². The molecular weight excluding hydrogens is 295 g/mol. The zero-order valence-corrected chi connectivity index (χ0v) is 12.9. The molecule has 4 rings (SSSR count). The number of aromatic nitrogens is 3. The van der Waals surface area contributed by atoms with Gasteiger partial charge in [-0.15, -0.1) is 5.10 Å². The van der Waals surface area contributed by atoms with Gasteiger partial charge < -0.3 is 4.90 Å². The Morgan fingerprint density at radius 3 is 2.43 bits per heavy atom. The maximum Gasteiger partial charge on any atom is 0.276 e. The van der Waals surface area contributed by atoms with Gasteiger partial charge in [-0.05, 0) is 56.4 Å². The normalized spacial score (nSPS) is 18.2. The number of carbonyl (C=O) groups is 1. The Kier molecular flexibility index (Phi) is 3.59. The monoisotopic (exact) mass is 314 g/mol. The topological polar surface area (TPSA) is 51.0 Å². The first kappa shape index (κ1) is 14.4. The lowest BCUT2D eigenvalue weighted by Crippen LogP contribution is -2.36. The zero-order valence-electron chi connectivity index (χ0n) is 12.9. The van der Waals surface area contributed by atoms with E-state index in [4.69, 9.17) is 0 Å². The molecule has 0 unspecified atom stereocenters. The van der Waals surface area contributed by atoms with Crippen molar-refractivity contribution in [1.29, 1.82) is 0 Å². The molecule has 0 atom stereocenters. The third-order valence-electron chi connectivity index (χ3n) is 4.59. The lowest BCUT2D eigenvalue weighted by atomic mass is 10.1. The highest BCUT2D eigenvalue weighted by molar-refractivity contribution is 5.93. The first-order valence-corrected chi connectivity index (χ1v) is 8.25. The third kappa shape index (κ3) is 2.73. The van der Waals surface area contributed by atoms with Crippen LogP contribution in [0.2, 0.25) is 0 Å². The molecule has 2 fully saturated rings. The smallest absolute Gasteiger partial charge is 0.276 e. The Morgan fingerprint density at radius 1 is 1.09 bits per heavy atom. The van der Waals surface area contributed by atoms with E-state index in [9.17, 15) is 9.18 Å². The molecule has 1 amide bonds. The Bertz CT molecular complexity index is 715. The predicted molar refractivity (Wildman–Crippen MR) is 83.0 cm³/mol. The summed E-state index contributed by atoms with van der Waals surface area (Å²) in [6.07, 6.45) is 5.39. The average molecular weight is 314 g/mol. The molecule has 0 N–H and O–H groups in total. The molecule has 1 saturated carbocycles. The molecule has 1 aliphatic carbocycles. The fourth-order valence-corrected chi connectivity index (χ4v) is 3.18. The molecule has 2 aliphatic rings. The first-order chi connectivity index (χ1) is 11.2. The number of benzene rings is 1. The van der Waals surface area contributed by atoms with Crippen LogP contribution in [0.5, 0.6) is 0 Å². The van der Waals surface area contributed by atoms with Gasteiger partial charge in [0.25, 0.3) is 5.91 Å². The summed E-state index contributed by atoms with van der Waals surface area (Å²) in [5, 5.41) is 8.37. The van der Waals surface area contributed by atoms with Crippen molar-refractivity contribution in [2.24, 2.45) is 0 Å². The molecule has 0 bridgehead atoms. The number of likely N-dealkylation sites (tertiary alicyclic amines) is 1. The molecule has 0 radical (unpaired) electrons. The molecular formula is C17H19FN4O. The van der Waals surface area contributed by atoms with Crippen molar-refractivity contribution in [3.63, 3.8) is 0 Å². The molecule has 1 aromatic heterocycles. The van der Waals surface area contributed by atoms with Gasteiger partial charge in [0.1, 0.15) is 5.82 Å². The molecule has 1 saturated heterocycles. The van der Waals surface area contributed by atoms with Crippen LogP contribution >= 0.6 is 0 Å². The van der Waals surface area contributed by atoms with Crippen LogP contribution in [0.25, 0.3) is 5.69 Å². The zero-order chi connectivity index (χ0) is 15.8.